The van der Waals surface area contributed by atoms with Crippen LogP contribution >= 0.6 is 0 Å². The average molecular weight is 237 g/mol. The molecule has 2 unspecified atom stereocenters. The fourth-order valence-electron chi connectivity index (χ4n) is 1.73. The summed E-state index contributed by atoms with van der Waals surface area (Å²) in [5.74, 6) is -0.363. The largest absolute Gasteiger partial charge is 0.497 e. The Labute approximate surface area is 102 Å². The summed E-state index contributed by atoms with van der Waals surface area (Å²) in [7, 11) is 3.45. The molecule has 17 heavy (non-hydrogen) atoms. The highest BCUT2D eigenvalue weighted by Gasteiger charge is 2.18. The zero-order valence-electron chi connectivity index (χ0n) is 10.4. The lowest BCUT2D eigenvalue weighted by atomic mass is 9.96. The summed E-state index contributed by atoms with van der Waals surface area (Å²) >= 11 is 0. The van der Waals surface area contributed by atoms with E-state index in [1.54, 1.807) is 14.0 Å². The fraction of sp³-hybridized carbons (Fsp3) is 0.462. The van der Waals surface area contributed by atoms with E-state index >= 15 is 0 Å². The van der Waals surface area contributed by atoms with Crippen LogP contribution in [0.25, 0.3) is 0 Å². The van der Waals surface area contributed by atoms with Crippen molar-refractivity contribution >= 4 is 5.97 Å². The molecule has 94 valence electrons. The summed E-state index contributed by atoms with van der Waals surface area (Å²) < 4.78 is 5.16. The Kier molecular flexibility index (Phi) is 4.97. The Morgan fingerprint density at radius 1 is 1.53 bits per heavy atom. The van der Waals surface area contributed by atoms with Crippen LogP contribution in [0, 0.1) is 5.92 Å². The second-order valence-corrected chi connectivity index (χ2v) is 4.09. The second-order valence-electron chi connectivity index (χ2n) is 4.09. The van der Waals surface area contributed by atoms with Gasteiger partial charge in [-0.3, -0.25) is 4.79 Å². The summed E-state index contributed by atoms with van der Waals surface area (Å²) in [5, 5.41) is 12.1. The van der Waals surface area contributed by atoms with Gasteiger partial charge >= 0.3 is 5.97 Å². The van der Waals surface area contributed by atoms with Gasteiger partial charge in [0, 0.05) is 6.04 Å². The van der Waals surface area contributed by atoms with E-state index in [9.17, 15) is 4.79 Å². The van der Waals surface area contributed by atoms with Crippen molar-refractivity contribution in [1.29, 1.82) is 0 Å². The number of carboxylic acid groups (broad SMARTS) is 1. The third-order valence-electron chi connectivity index (χ3n) is 2.86. The first-order valence-corrected chi connectivity index (χ1v) is 5.62. The van der Waals surface area contributed by atoms with Crippen molar-refractivity contribution in [2.24, 2.45) is 5.92 Å². The van der Waals surface area contributed by atoms with Gasteiger partial charge in [0.25, 0.3) is 0 Å². The predicted octanol–water partition coefficient (Wildman–Crippen LogP) is 2.07. The molecule has 4 nitrogen and oxygen atoms in total. The number of nitrogens with one attached hydrogen (secondary N) is 1. The van der Waals surface area contributed by atoms with E-state index in [2.05, 4.69) is 5.32 Å². The number of hydrogen-bond acceptors (Lipinski definition) is 3. The SMILES string of the molecule is CNC(CC(C)C(=O)O)c1cccc(OC)c1. The molecular weight excluding hydrogens is 218 g/mol. The Bertz CT molecular complexity index is 379. The zero-order chi connectivity index (χ0) is 12.8. The molecule has 1 aromatic rings. The third kappa shape index (κ3) is 3.75. The molecule has 0 saturated carbocycles. The normalized spacial score (nSPS) is 14.1. The van der Waals surface area contributed by atoms with Crippen molar-refractivity contribution in [1.82, 2.24) is 5.32 Å². The van der Waals surface area contributed by atoms with E-state index in [1.165, 1.54) is 0 Å². The molecular formula is C13H19NO3. The number of carbonyl (C=O) groups is 1. The van der Waals surface area contributed by atoms with Crippen molar-refractivity contribution in [2.75, 3.05) is 14.2 Å². The first-order valence-electron chi connectivity index (χ1n) is 5.62. The third-order valence-corrected chi connectivity index (χ3v) is 2.86. The maximum Gasteiger partial charge on any atom is 0.306 e. The van der Waals surface area contributed by atoms with Crippen molar-refractivity contribution in [3.05, 3.63) is 29.8 Å². The van der Waals surface area contributed by atoms with E-state index in [-0.39, 0.29) is 12.0 Å². The van der Waals surface area contributed by atoms with Gasteiger partial charge in [0.1, 0.15) is 5.75 Å². The van der Waals surface area contributed by atoms with E-state index in [0.29, 0.717) is 6.42 Å². The van der Waals surface area contributed by atoms with Gasteiger partial charge in [-0.2, -0.15) is 0 Å². The summed E-state index contributed by atoms with van der Waals surface area (Å²) in [4.78, 5) is 10.9. The van der Waals surface area contributed by atoms with Gasteiger partial charge in [-0.05, 0) is 31.2 Å². The number of carboxylic acids is 1. The number of rotatable bonds is 6. The number of hydrogen-bond donors (Lipinski definition) is 2. The number of aliphatic carboxylic acids is 1. The monoisotopic (exact) mass is 237 g/mol. The molecule has 0 aliphatic carbocycles. The first kappa shape index (κ1) is 13.5. The quantitative estimate of drug-likeness (QED) is 0.795. The molecule has 0 spiro atoms. The number of benzene rings is 1. The van der Waals surface area contributed by atoms with E-state index in [1.807, 2.05) is 31.3 Å². The van der Waals surface area contributed by atoms with Crippen LogP contribution in [0.15, 0.2) is 24.3 Å². The van der Waals surface area contributed by atoms with Crippen LogP contribution in [0.4, 0.5) is 0 Å². The van der Waals surface area contributed by atoms with Crippen molar-refractivity contribution in [2.45, 2.75) is 19.4 Å². The maximum absolute atomic E-state index is 10.9. The van der Waals surface area contributed by atoms with E-state index in [0.717, 1.165) is 11.3 Å². The van der Waals surface area contributed by atoms with Gasteiger partial charge < -0.3 is 15.2 Å². The molecule has 2 atom stereocenters. The molecule has 1 aromatic carbocycles. The van der Waals surface area contributed by atoms with Crippen LogP contribution in [-0.4, -0.2) is 25.2 Å². The minimum atomic E-state index is -0.770. The van der Waals surface area contributed by atoms with Crippen LogP contribution in [0.5, 0.6) is 5.75 Å². The zero-order valence-corrected chi connectivity index (χ0v) is 10.4. The van der Waals surface area contributed by atoms with Crippen LogP contribution in [0.3, 0.4) is 0 Å². The van der Waals surface area contributed by atoms with Crippen LogP contribution < -0.4 is 10.1 Å². The topological polar surface area (TPSA) is 58.6 Å². The summed E-state index contributed by atoms with van der Waals surface area (Å²) in [6, 6.07) is 7.70. The molecule has 0 fully saturated rings. The Morgan fingerprint density at radius 3 is 2.76 bits per heavy atom. The van der Waals surface area contributed by atoms with Crippen molar-refractivity contribution in [3.8, 4) is 5.75 Å². The smallest absolute Gasteiger partial charge is 0.306 e. The van der Waals surface area contributed by atoms with Gasteiger partial charge in [0.05, 0.1) is 13.0 Å². The molecule has 0 amide bonds. The van der Waals surface area contributed by atoms with Gasteiger partial charge in [0.2, 0.25) is 0 Å². The highest BCUT2D eigenvalue weighted by Crippen LogP contribution is 2.24. The molecule has 0 saturated heterocycles. The van der Waals surface area contributed by atoms with Crippen LogP contribution in [-0.2, 0) is 4.79 Å². The standard InChI is InChI=1S/C13H19NO3/c1-9(13(15)16)7-12(14-2)10-5-4-6-11(8-10)17-3/h4-6,8-9,12,14H,7H2,1-3H3,(H,15,16). The Morgan fingerprint density at radius 2 is 2.24 bits per heavy atom. The van der Waals surface area contributed by atoms with Crippen LogP contribution in [0.1, 0.15) is 24.9 Å². The molecule has 0 aliphatic rings. The first-order chi connectivity index (χ1) is 8.08. The molecule has 0 bridgehead atoms. The summed E-state index contributed by atoms with van der Waals surface area (Å²) in [5.41, 5.74) is 1.04. The lowest BCUT2D eigenvalue weighted by Crippen LogP contribution is -2.22. The lowest BCUT2D eigenvalue weighted by molar-refractivity contribution is -0.141. The Balaban J connectivity index is 2.82. The summed E-state index contributed by atoms with van der Waals surface area (Å²) in [6.45, 7) is 1.72. The van der Waals surface area contributed by atoms with Gasteiger partial charge in [-0.15, -0.1) is 0 Å². The van der Waals surface area contributed by atoms with Crippen molar-refractivity contribution in [3.63, 3.8) is 0 Å². The maximum atomic E-state index is 10.9. The molecule has 0 radical (unpaired) electrons. The fourth-order valence-corrected chi connectivity index (χ4v) is 1.73. The molecule has 0 heterocycles. The number of ether oxygens (including phenoxy) is 1. The minimum absolute atomic E-state index is 0.0243. The average Bonchev–Trinajstić information content (AvgIpc) is 2.35. The summed E-state index contributed by atoms with van der Waals surface area (Å²) in [6.07, 6.45) is 0.555. The van der Waals surface area contributed by atoms with Gasteiger partial charge in [-0.25, -0.2) is 0 Å². The second kappa shape index (κ2) is 6.25. The number of methoxy groups -OCH3 is 1. The van der Waals surface area contributed by atoms with Crippen molar-refractivity contribution < 1.29 is 14.6 Å². The molecule has 2 N–H and O–H groups in total. The van der Waals surface area contributed by atoms with Gasteiger partial charge in [-0.1, -0.05) is 19.1 Å². The molecule has 1 rings (SSSR count). The Hall–Kier alpha value is -1.55. The van der Waals surface area contributed by atoms with E-state index < -0.39 is 5.97 Å². The highest BCUT2D eigenvalue weighted by molar-refractivity contribution is 5.69. The lowest BCUT2D eigenvalue weighted by Gasteiger charge is -2.19. The molecule has 0 aliphatic heterocycles. The predicted molar refractivity (Wildman–Crippen MR) is 66.2 cm³/mol. The minimum Gasteiger partial charge on any atom is -0.497 e. The van der Waals surface area contributed by atoms with Gasteiger partial charge in [0.15, 0.2) is 0 Å². The molecule has 0 aromatic heterocycles. The van der Waals surface area contributed by atoms with E-state index in [4.69, 9.17) is 9.84 Å². The highest BCUT2D eigenvalue weighted by atomic mass is 16.5. The molecule has 4 heteroatoms. The van der Waals surface area contributed by atoms with Crippen LogP contribution in [0.2, 0.25) is 0 Å².